The van der Waals surface area contributed by atoms with Crippen LogP contribution in [0.25, 0.3) is 10.8 Å². The number of thiophene rings is 1. The summed E-state index contributed by atoms with van der Waals surface area (Å²) >= 11 is 4.97. The van der Waals surface area contributed by atoms with E-state index < -0.39 is 0 Å². The van der Waals surface area contributed by atoms with Crippen LogP contribution in [0.4, 0.5) is 0 Å². The lowest BCUT2D eigenvalue weighted by Crippen LogP contribution is -2.21. The summed E-state index contributed by atoms with van der Waals surface area (Å²) in [6.07, 6.45) is 0.597. The predicted molar refractivity (Wildman–Crippen MR) is 71.2 cm³/mol. The minimum Gasteiger partial charge on any atom is -0.419 e. The highest BCUT2D eigenvalue weighted by atomic mass is 79.9. The van der Waals surface area contributed by atoms with Crippen molar-refractivity contribution in [3.8, 4) is 10.8 Å². The molecular weight excluding hydrogens is 318 g/mol. The van der Waals surface area contributed by atoms with Gasteiger partial charge < -0.3 is 9.52 Å². The first-order chi connectivity index (χ1) is 8.70. The summed E-state index contributed by atoms with van der Waals surface area (Å²) in [5.74, 6) is 1.16. The van der Waals surface area contributed by atoms with E-state index in [1.165, 1.54) is 0 Å². The molecule has 0 aliphatic carbocycles. The van der Waals surface area contributed by atoms with Crippen molar-refractivity contribution >= 4 is 27.3 Å². The topological polar surface area (TPSA) is 62.4 Å². The molecule has 0 aromatic carbocycles. The molecule has 2 aromatic heterocycles. The summed E-state index contributed by atoms with van der Waals surface area (Å²) < 4.78 is 6.67. The van der Waals surface area contributed by atoms with Gasteiger partial charge in [-0.3, -0.25) is 4.90 Å². The molecule has 1 aliphatic rings. The van der Waals surface area contributed by atoms with Crippen molar-refractivity contribution in [2.24, 2.45) is 0 Å². The smallest absolute Gasteiger partial charge is 0.257 e. The molecule has 0 radical (unpaired) electrons. The minimum atomic E-state index is -0.222. The van der Waals surface area contributed by atoms with Gasteiger partial charge in [0.1, 0.15) is 0 Å². The molecule has 1 unspecified atom stereocenters. The number of aromatic nitrogens is 2. The second kappa shape index (κ2) is 5.08. The number of nitrogens with zero attached hydrogens (tertiary/aromatic N) is 3. The fourth-order valence-electron chi connectivity index (χ4n) is 1.99. The van der Waals surface area contributed by atoms with E-state index in [2.05, 4.69) is 31.0 Å². The third-order valence-corrected chi connectivity index (χ3v) is 4.47. The highest BCUT2D eigenvalue weighted by molar-refractivity contribution is 9.11. The quantitative estimate of drug-likeness (QED) is 0.934. The van der Waals surface area contributed by atoms with E-state index in [9.17, 15) is 5.11 Å². The average molecular weight is 330 g/mol. The van der Waals surface area contributed by atoms with Gasteiger partial charge in [-0.1, -0.05) is 0 Å². The number of hydrogen-bond donors (Lipinski definition) is 1. The summed E-state index contributed by atoms with van der Waals surface area (Å²) in [4.78, 5) is 3.08. The first kappa shape index (κ1) is 12.3. The van der Waals surface area contributed by atoms with Gasteiger partial charge in [-0.25, -0.2) is 0 Å². The van der Waals surface area contributed by atoms with Gasteiger partial charge in [-0.2, -0.15) is 0 Å². The lowest BCUT2D eigenvalue weighted by molar-refractivity contribution is 0.171. The molecule has 3 heterocycles. The van der Waals surface area contributed by atoms with E-state index >= 15 is 0 Å². The Hall–Kier alpha value is -0.760. The molecule has 2 aromatic rings. The lowest BCUT2D eigenvalue weighted by Gasteiger charge is -2.10. The third-order valence-electron chi connectivity index (χ3n) is 2.86. The Labute approximate surface area is 117 Å². The van der Waals surface area contributed by atoms with Gasteiger partial charge in [0, 0.05) is 13.1 Å². The first-order valence-corrected chi connectivity index (χ1v) is 7.30. The maximum atomic E-state index is 9.45. The number of rotatable bonds is 3. The highest BCUT2D eigenvalue weighted by Crippen LogP contribution is 2.30. The van der Waals surface area contributed by atoms with Crippen LogP contribution in [0.3, 0.4) is 0 Å². The molecule has 1 fully saturated rings. The molecule has 0 saturated carbocycles. The molecular formula is C11H12BrN3O2S. The van der Waals surface area contributed by atoms with Gasteiger partial charge in [0.15, 0.2) is 0 Å². The van der Waals surface area contributed by atoms with Gasteiger partial charge in [0.05, 0.1) is 21.3 Å². The van der Waals surface area contributed by atoms with Crippen molar-refractivity contribution in [3.05, 3.63) is 21.8 Å². The summed E-state index contributed by atoms with van der Waals surface area (Å²) in [5, 5.41) is 17.5. The Morgan fingerprint density at radius 2 is 2.39 bits per heavy atom. The number of halogens is 1. The van der Waals surface area contributed by atoms with Crippen molar-refractivity contribution in [3.63, 3.8) is 0 Å². The Morgan fingerprint density at radius 1 is 1.50 bits per heavy atom. The normalized spacial score (nSPS) is 20.7. The number of aliphatic hydroxyl groups is 1. The number of likely N-dealkylation sites (tertiary alicyclic amines) is 1. The summed E-state index contributed by atoms with van der Waals surface area (Å²) in [6, 6.07) is 3.91. The number of β-amino-alcohol motifs (C(OH)–C–C–N with tert-alkyl or cyclic N) is 1. The van der Waals surface area contributed by atoms with Gasteiger partial charge in [-0.15, -0.1) is 21.5 Å². The number of aliphatic hydroxyl groups excluding tert-OH is 1. The lowest BCUT2D eigenvalue weighted by atomic mass is 10.3. The monoisotopic (exact) mass is 329 g/mol. The second-order valence-corrected chi connectivity index (χ2v) is 6.75. The molecule has 1 aliphatic heterocycles. The zero-order valence-corrected chi connectivity index (χ0v) is 11.9. The largest absolute Gasteiger partial charge is 0.419 e. The zero-order chi connectivity index (χ0) is 12.5. The second-order valence-electron chi connectivity index (χ2n) is 4.28. The summed E-state index contributed by atoms with van der Waals surface area (Å²) in [5.41, 5.74) is 0. The average Bonchev–Trinajstić information content (AvgIpc) is 3.01. The van der Waals surface area contributed by atoms with Crippen LogP contribution in [0, 0.1) is 0 Å². The van der Waals surface area contributed by atoms with Crippen LogP contribution in [0.15, 0.2) is 20.3 Å². The van der Waals surface area contributed by atoms with Crippen LogP contribution in [-0.4, -0.2) is 39.4 Å². The van der Waals surface area contributed by atoms with Crippen LogP contribution in [0.5, 0.6) is 0 Å². The summed E-state index contributed by atoms with van der Waals surface area (Å²) in [7, 11) is 0. The van der Waals surface area contributed by atoms with Gasteiger partial charge in [0.2, 0.25) is 5.89 Å². The Morgan fingerprint density at radius 3 is 3.06 bits per heavy atom. The van der Waals surface area contributed by atoms with Crippen LogP contribution in [0.2, 0.25) is 0 Å². The SMILES string of the molecule is OC1CCN(Cc2nnc(-c3ccc(Br)s3)o2)C1. The Bertz CT molecular complexity index is 542. The molecule has 1 atom stereocenters. The molecule has 5 nitrogen and oxygen atoms in total. The van der Waals surface area contributed by atoms with E-state index in [4.69, 9.17) is 4.42 Å². The molecule has 7 heteroatoms. The van der Waals surface area contributed by atoms with Gasteiger partial charge in [0.25, 0.3) is 5.89 Å². The van der Waals surface area contributed by atoms with Gasteiger partial charge >= 0.3 is 0 Å². The molecule has 3 rings (SSSR count). The van der Waals surface area contributed by atoms with Gasteiger partial charge in [-0.05, 0) is 34.5 Å². The molecule has 0 amide bonds. The van der Waals surface area contributed by atoms with Crippen molar-refractivity contribution in [1.82, 2.24) is 15.1 Å². The minimum absolute atomic E-state index is 0.222. The Balaban J connectivity index is 1.70. The molecule has 1 saturated heterocycles. The molecule has 1 N–H and O–H groups in total. The summed E-state index contributed by atoms with van der Waals surface area (Å²) in [6.45, 7) is 2.17. The fourth-order valence-corrected chi connectivity index (χ4v) is 3.30. The van der Waals surface area contributed by atoms with Crippen molar-refractivity contribution < 1.29 is 9.52 Å². The van der Waals surface area contributed by atoms with E-state index in [0.717, 1.165) is 21.6 Å². The number of hydrogen-bond acceptors (Lipinski definition) is 6. The maximum absolute atomic E-state index is 9.45. The molecule has 96 valence electrons. The van der Waals surface area contributed by atoms with E-state index in [0.29, 0.717) is 24.9 Å². The predicted octanol–water partition coefficient (Wildman–Crippen LogP) is 2.13. The molecule has 0 bridgehead atoms. The van der Waals surface area contributed by atoms with Crippen LogP contribution in [-0.2, 0) is 6.54 Å². The van der Waals surface area contributed by atoms with E-state index in [1.54, 1.807) is 11.3 Å². The Kier molecular flexibility index (Phi) is 3.47. The van der Waals surface area contributed by atoms with Crippen LogP contribution >= 0.6 is 27.3 Å². The third kappa shape index (κ3) is 2.64. The van der Waals surface area contributed by atoms with E-state index in [-0.39, 0.29) is 6.10 Å². The first-order valence-electron chi connectivity index (χ1n) is 5.69. The standard InChI is InChI=1S/C11H12BrN3O2S/c12-9-2-1-8(18-9)11-14-13-10(17-11)6-15-4-3-7(16)5-15/h1-2,7,16H,3-6H2. The fraction of sp³-hybridized carbons (Fsp3) is 0.455. The zero-order valence-electron chi connectivity index (χ0n) is 9.54. The van der Waals surface area contributed by atoms with Crippen molar-refractivity contribution in [1.29, 1.82) is 0 Å². The molecule has 0 spiro atoms. The van der Waals surface area contributed by atoms with E-state index in [1.807, 2.05) is 12.1 Å². The molecule has 18 heavy (non-hydrogen) atoms. The van der Waals surface area contributed by atoms with Crippen LogP contribution < -0.4 is 0 Å². The maximum Gasteiger partial charge on any atom is 0.257 e. The highest BCUT2D eigenvalue weighted by Gasteiger charge is 2.22. The van der Waals surface area contributed by atoms with Crippen LogP contribution in [0.1, 0.15) is 12.3 Å². The van der Waals surface area contributed by atoms with Crippen molar-refractivity contribution in [2.45, 2.75) is 19.1 Å². The van der Waals surface area contributed by atoms with Crippen molar-refractivity contribution in [2.75, 3.05) is 13.1 Å².